The first-order valence-corrected chi connectivity index (χ1v) is 5.53. The van der Waals surface area contributed by atoms with Gasteiger partial charge in [-0.2, -0.15) is 0 Å². The van der Waals surface area contributed by atoms with Crippen LogP contribution in [-0.2, 0) is 9.53 Å². The second kappa shape index (κ2) is 7.01. The van der Waals surface area contributed by atoms with Crippen molar-refractivity contribution in [1.29, 1.82) is 0 Å². The van der Waals surface area contributed by atoms with Crippen molar-refractivity contribution in [2.24, 2.45) is 0 Å². The van der Waals surface area contributed by atoms with Gasteiger partial charge in [0.25, 0.3) is 0 Å². The normalized spacial score (nSPS) is 12.1. The number of carbonyl (C=O) groups excluding carboxylic acids is 1. The number of esters is 1. The number of hydrogen-bond acceptors (Lipinski definition) is 3. The highest BCUT2D eigenvalue weighted by Gasteiger charge is 2.11. The van der Waals surface area contributed by atoms with Gasteiger partial charge in [-0.3, -0.25) is 4.79 Å². The SMILES string of the molecule is CC(=O)OCC[C@@H](CCO)c1ccccc1. The fourth-order valence-electron chi connectivity index (χ4n) is 1.70. The van der Waals surface area contributed by atoms with E-state index in [9.17, 15) is 4.79 Å². The molecule has 1 N–H and O–H groups in total. The van der Waals surface area contributed by atoms with Crippen molar-refractivity contribution in [2.75, 3.05) is 13.2 Å². The molecule has 0 heterocycles. The number of rotatable bonds is 6. The van der Waals surface area contributed by atoms with Crippen LogP contribution in [0, 0.1) is 0 Å². The molecule has 0 aromatic heterocycles. The van der Waals surface area contributed by atoms with Crippen LogP contribution < -0.4 is 0 Å². The van der Waals surface area contributed by atoms with Crippen molar-refractivity contribution in [3.05, 3.63) is 35.9 Å². The van der Waals surface area contributed by atoms with E-state index < -0.39 is 0 Å². The van der Waals surface area contributed by atoms with E-state index in [1.165, 1.54) is 12.5 Å². The molecule has 0 unspecified atom stereocenters. The van der Waals surface area contributed by atoms with Crippen molar-refractivity contribution in [2.45, 2.75) is 25.7 Å². The van der Waals surface area contributed by atoms with Gasteiger partial charge < -0.3 is 9.84 Å². The molecule has 3 heteroatoms. The fraction of sp³-hybridized carbons (Fsp3) is 0.462. The van der Waals surface area contributed by atoms with Crippen LogP contribution in [0.3, 0.4) is 0 Å². The molecule has 1 atom stereocenters. The molecule has 3 nitrogen and oxygen atoms in total. The summed E-state index contributed by atoms with van der Waals surface area (Å²) in [5.74, 6) is 0.00126. The Hall–Kier alpha value is -1.35. The lowest BCUT2D eigenvalue weighted by Crippen LogP contribution is -2.08. The maximum atomic E-state index is 10.6. The second-order valence-corrected chi connectivity index (χ2v) is 3.75. The number of carbonyl (C=O) groups is 1. The van der Waals surface area contributed by atoms with Crippen LogP contribution in [0.1, 0.15) is 31.2 Å². The molecule has 0 fully saturated rings. The third-order valence-corrected chi connectivity index (χ3v) is 2.52. The van der Waals surface area contributed by atoms with Gasteiger partial charge in [-0.1, -0.05) is 30.3 Å². The standard InChI is InChI=1S/C13H18O3/c1-11(15)16-10-8-13(7-9-14)12-5-3-2-4-6-12/h2-6,13-14H,7-10H2,1H3/t13-/m1/s1. The van der Waals surface area contributed by atoms with Crippen LogP contribution in [0.15, 0.2) is 30.3 Å². The lowest BCUT2D eigenvalue weighted by Gasteiger charge is -2.15. The van der Waals surface area contributed by atoms with E-state index in [0.29, 0.717) is 13.0 Å². The number of aliphatic hydroxyl groups excluding tert-OH is 1. The average molecular weight is 222 g/mol. The molecule has 0 aliphatic carbocycles. The third-order valence-electron chi connectivity index (χ3n) is 2.52. The Labute approximate surface area is 96.1 Å². The highest BCUT2D eigenvalue weighted by atomic mass is 16.5. The summed E-state index contributed by atoms with van der Waals surface area (Å²) in [5, 5.41) is 9.00. The van der Waals surface area contributed by atoms with Crippen LogP contribution in [0.25, 0.3) is 0 Å². The van der Waals surface area contributed by atoms with Gasteiger partial charge in [0.05, 0.1) is 6.61 Å². The van der Waals surface area contributed by atoms with Crippen molar-refractivity contribution in [3.63, 3.8) is 0 Å². The molecule has 1 aromatic rings. The molecular weight excluding hydrogens is 204 g/mol. The minimum atomic E-state index is -0.254. The van der Waals surface area contributed by atoms with Crippen molar-refractivity contribution in [1.82, 2.24) is 0 Å². The maximum absolute atomic E-state index is 10.6. The first-order chi connectivity index (χ1) is 7.74. The Morgan fingerprint density at radius 1 is 1.31 bits per heavy atom. The summed E-state index contributed by atoms with van der Waals surface area (Å²) < 4.78 is 4.92. The lowest BCUT2D eigenvalue weighted by atomic mass is 9.93. The monoisotopic (exact) mass is 222 g/mol. The zero-order chi connectivity index (χ0) is 11.8. The minimum Gasteiger partial charge on any atom is -0.466 e. The molecule has 16 heavy (non-hydrogen) atoms. The molecule has 0 amide bonds. The van der Waals surface area contributed by atoms with Gasteiger partial charge in [-0.05, 0) is 24.3 Å². The van der Waals surface area contributed by atoms with Crippen LogP contribution in [0.4, 0.5) is 0 Å². The fourth-order valence-corrected chi connectivity index (χ4v) is 1.70. The van der Waals surface area contributed by atoms with E-state index in [-0.39, 0.29) is 18.5 Å². The Morgan fingerprint density at radius 3 is 2.56 bits per heavy atom. The van der Waals surface area contributed by atoms with E-state index in [4.69, 9.17) is 9.84 Å². The third kappa shape index (κ3) is 4.45. The lowest BCUT2D eigenvalue weighted by molar-refractivity contribution is -0.141. The summed E-state index contributed by atoms with van der Waals surface area (Å²) >= 11 is 0. The summed E-state index contributed by atoms with van der Waals surface area (Å²) in [7, 11) is 0. The van der Waals surface area contributed by atoms with Gasteiger partial charge in [0.1, 0.15) is 0 Å². The summed E-state index contributed by atoms with van der Waals surface area (Å²) in [4.78, 5) is 10.6. The molecule has 0 saturated carbocycles. The van der Waals surface area contributed by atoms with Crippen LogP contribution in [-0.4, -0.2) is 24.3 Å². The van der Waals surface area contributed by atoms with Crippen LogP contribution in [0.5, 0.6) is 0 Å². The number of aliphatic hydroxyl groups is 1. The van der Waals surface area contributed by atoms with E-state index >= 15 is 0 Å². The molecule has 1 aromatic carbocycles. The predicted octanol–water partition coefficient (Wildman–Crippen LogP) is 2.11. The van der Waals surface area contributed by atoms with E-state index in [1.807, 2.05) is 30.3 Å². The topological polar surface area (TPSA) is 46.5 Å². The first-order valence-electron chi connectivity index (χ1n) is 5.53. The Balaban J connectivity index is 2.51. The van der Waals surface area contributed by atoms with Gasteiger partial charge >= 0.3 is 5.97 Å². The van der Waals surface area contributed by atoms with Gasteiger partial charge in [0.2, 0.25) is 0 Å². The average Bonchev–Trinajstić information content (AvgIpc) is 2.29. The Bertz CT molecular complexity index is 308. The van der Waals surface area contributed by atoms with Crippen molar-refractivity contribution in [3.8, 4) is 0 Å². The minimum absolute atomic E-state index is 0.152. The predicted molar refractivity (Wildman–Crippen MR) is 62.1 cm³/mol. The molecule has 0 aliphatic heterocycles. The molecule has 0 bridgehead atoms. The molecule has 0 aliphatic rings. The molecule has 0 radical (unpaired) electrons. The van der Waals surface area contributed by atoms with Gasteiger partial charge in [-0.15, -0.1) is 0 Å². The second-order valence-electron chi connectivity index (χ2n) is 3.75. The van der Waals surface area contributed by atoms with E-state index in [1.54, 1.807) is 0 Å². The Morgan fingerprint density at radius 2 is 2.00 bits per heavy atom. The summed E-state index contributed by atoms with van der Waals surface area (Å²) in [6.07, 6.45) is 1.45. The smallest absolute Gasteiger partial charge is 0.302 e. The molecule has 0 saturated heterocycles. The van der Waals surface area contributed by atoms with E-state index in [2.05, 4.69) is 0 Å². The molecule has 88 valence electrons. The van der Waals surface area contributed by atoms with Gasteiger partial charge in [0, 0.05) is 13.5 Å². The largest absolute Gasteiger partial charge is 0.466 e. The summed E-state index contributed by atoms with van der Waals surface area (Å²) in [6, 6.07) is 9.99. The van der Waals surface area contributed by atoms with Crippen molar-refractivity contribution < 1.29 is 14.6 Å². The zero-order valence-electron chi connectivity index (χ0n) is 9.56. The van der Waals surface area contributed by atoms with E-state index in [0.717, 1.165) is 6.42 Å². The maximum Gasteiger partial charge on any atom is 0.302 e. The summed E-state index contributed by atoms with van der Waals surface area (Å²) in [6.45, 7) is 1.97. The molecule has 1 rings (SSSR count). The van der Waals surface area contributed by atoms with Gasteiger partial charge in [0.15, 0.2) is 0 Å². The summed E-state index contributed by atoms with van der Waals surface area (Å²) in [5.41, 5.74) is 1.18. The highest BCUT2D eigenvalue weighted by molar-refractivity contribution is 5.65. The number of ether oxygens (including phenoxy) is 1. The van der Waals surface area contributed by atoms with Crippen molar-refractivity contribution >= 4 is 5.97 Å². The highest BCUT2D eigenvalue weighted by Crippen LogP contribution is 2.22. The Kier molecular flexibility index (Phi) is 5.57. The molecule has 0 spiro atoms. The zero-order valence-corrected chi connectivity index (χ0v) is 9.56. The number of hydrogen-bond donors (Lipinski definition) is 1. The quantitative estimate of drug-likeness (QED) is 0.750. The van der Waals surface area contributed by atoms with Crippen LogP contribution >= 0.6 is 0 Å². The first kappa shape index (κ1) is 12.7. The number of benzene rings is 1. The molecular formula is C13H18O3. The van der Waals surface area contributed by atoms with Gasteiger partial charge in [-0.25, -0.2) is 0 Å². The van der Waals surface area contributed by atoms with Crippen LogP contribution in [0.2, 0.25) is 0 Å².